The molecule has 37 heavy (non-hydrogen) atoms. The van der Waals surface area contributed by atoms with Gasteiger partial charge in [0.2, 0.25) is 0 Å². The topological polar surface area (TPSA) is 71.1 Å². The first kappa shape index (κ1) is 25.9. The maximum Gasteiger partial charge on any atom is 0.573 e. The smallest absolute Gasteiger partial charge is 0.444 e. The Labute approximate surface area is 212 Å². The number of halogens is 3. The van der Waals surface area contributed by atoms with Crippen molar-refractivity contribution < 1.29 is 32.2 Å². The van der Waals surface area contributed by atoms with Gasteiger partial charge in [-0.1, -0.05) is 48.5 Å². The second-order valence-electron chi connectivity index (χ2n) is 8.61. The molecule has 0 aromatic heterocycles. The third-order valence-electron chi connectivity index (χ3n) is 5.73. The van der Waals surface area contributed by atoms with Crippen LogP contribution in [0.25, 0.3) is 0 Å². The van der Waals surface area contributed by atoms with Gasteiger partial charge in [0.05, 0.1) is 11.4 Å². The minimum absolute atomic E-state index is 0.108. The van der Waals surface area contributed by atoms with Crippen molar-refractivity contribution in [2.24, 2.45) is 0 Å². The summed E-state index contributed by atoms with van der Waals surface area (Å²) < 4.78 is 46.5. The lowest BCUT2D eigenvalue weighted by atomic mass is 10.1. The van der Waals surface area contributed by atoms with Crippen molar-refractivity contribution in [1.82, 2.24) is 4.90 Å². The Balaban J connectivity index is 1.44. The van der Waals surface area contributed by atoms with Crippen molar-refractivity contribution in [3.63, 3.8) is 0 Å². The number of urea groups is 1. The van der Waals surface area contributed by atoms with Gasteiger partial charge in [0, 0.05) is 19.6 Å². The van der Waals surface area contributed by atoms with Crippen LogP contribution in [0.1, 0.15) is 23.1 Å². The molecule has 194 valence electrons. The number of carbonyl (C=O) groups is 2. The molecule has 3 amide bonds. The maximum absolute atomic E-state index is 13.4. The molecule has 3 aromatic rings. The van der Waals surface area contributed by atoms with E-state index in [0.717, 1.165) is 11.1 Å². The first-order valence-electron chi connectivity index (χ1n) is 11.7. The zero-order valence-electron chi connectivity index (χ0n) is 20.1. The Morgan fingerprint density at radius 3 is 2.41 bits per heavy atom. The van der Waals surface area contributed by atoms with Crippen LogP contribution in [-0.4, -0.2) is 36.5 Å². The highest BCUT2D eigenvalue weighted by atomic mass is 19.4. The number of aryl methyl sites for hydroxylation is 1. The lowest BCUT2D eigenvalue weighted by Crippen LogP contribution is -2.49. The van der Waals surface area contributed by atoms with Crippen molar-refractivity contribution in [2.75, 3.05) is 23.3 Å². The number of amides is 3. The minimum atomic E-state index is -4.77. The van der Waals surface area contributed by atoms with Crippen LogP contribution in [0.2, 0.25) is 0 Å². The molecule has 10 heteroatoms. The molecule has 7 nitrogen and oxygen atoms in total. The molecule has 1 aliphatic heterocycles. The van der Waals surface area contributed by atoms with Gasteiger partial charge < -0.3 is 14.4 Å². The molecule has 1 aliphatic rings. The van der Waals surface area contributed by atoms with E-state index >= 15 is 0 Å². The van der Waals surface area contributed by atoms with Gasteiger partial charge in [0.25, 0.3) is 0 Å². The van der Waals surface area contributed by atoms with E-state index in [1.165, 1.54) is 24.3 Å². The average Bonchev–Trinajstić information content (AvgIpc) is 2.85. The largest absolute Gasteiger partial charge is 0.573 e. The van der Waals surface area contributed by atoms with E-state index in [4.69, 9.17) is 4.74 Å². The van der Waals surface area contributed by atoms with Crippen LogP contribution < -0.4 is 15.0 Å². The molecule has 1 N–H and O–H groups in total. The predicted octanol–water partition coefficient (Wildman–Crippen LogP) is 6.47. The number of anilines is 2. The molecule has 0 radical (unpaired) electrons. The summed E-state index contributed by atoms with van der Waals surface area (Å²) >= 11 is 0. The number of hydrogen-bond acceptors (Lipinski definition) is 4. The summed E-state index contributed by atoms with van der Waals surface area (Å²) in [7, 11) is 0. The van der Waals surface area contributed by atoms with Gasteiger partial charge in [-0.15, -0.1) is 13.2 Å². The van der Waals surface area contributed by atoms with Gasteiger partial charge in [0.15, 0.2) is 0 Å². The highest BCUT2D eigenvalue weighted by Crippen LogP contribution is 2.31. The molecular weight excluding hydrogens is 487 g/mol. The van der Waals surface area contributed by atoms with E-state index in [1.54, 1.807) is 21.9 Å². The molecule has 1 heterocycles. The summed E-state index contributed by atoms with van der Waals surface area (Å²) in [6, 6.07) is 19.8. The highest BCUT2D eigenvalue weighted by Gasteiger charge is 2.31. The average molecular weight is 514 g/mol. The number of hydrogen-bond donors (Lipinski definition) is 1. The first-order chi connectivity index (χ1) is 17.7. The van der Waals surface area contributed by atoms with Gasteiger partial charge in [-0.3, -0.25) is 10.2 Å². The summed E-state index contributed by atoms with van der Waals surface area (Å²) in [5, 5.41) is 2.75. The summed E-state index contributed by atoms with van der Waals surface area (Å²) in [5.41, 5.74) is 3.39. The minimum Gasteiger partial charge on any atom is -0.444 e. The van der Waals surface area contributed by atoms with Crippen molar-refractivity contribution in [3.05, 3.63) is 89.5 Å². The Morgan fingerprint density at radius 1 is 0.973 bits per heavy atom. The van der Waals surface area contributed by atoms with Crippen LogP contribution in [0.3, 0.4) is 0 Å². The maximum atomic E-state index is 13.4. The van der Waals surface area contributed by atoms with Crippen molar-refractivity contribution in [3.8, 4) is 5.75 Å². The molecule has 0 atom stereocenters. The summed E-state index contributed by atoms with van der Waals surface area (Å²) in [4.78, 5) is 29.1. The van der Waals surface area contributed by atoms with Crippen LogP contribution in [0, 0.1) is 6.92 Å². The molecule has 0 aliphatic carbocycles. The Kier molecular flexibility index (Phi) is 7.86. The number of alkyl halides is 3. The molecule has 0 bridgehead atoms. The summed E-state index contributed by atoms with van der Waals surface area (Å²) in [6.07, 6.45) is -4.73. The van der Waals surface area contributed by atoms with Gasteiger partial charge in [-0.2, -0.15) is 0 Å². The Bertz CT molecular complexity index is 1230. The second kappa shape index (κ2) is 11.2. The van der Waals surface area contributed by atoms with Crippen LogP contribution in [0.15, 0.2) is 72.8 Å². The van der Waals surface area contributed by atoms with Gasteiger partial charge in [0.1, 0.15) is 12.4 Å². The zero-order chi connectivity index (χ0) is 26.4. The van der Waals surface area contributed by atoms with Gasteiger partial charge in [-0.05, 0) is 54.3 Å². The van der Waals surface area contributed by atoms with Crippen LogP contribution in [0.4, 0.5) is 34.1 Å². The SMILES string of the molecule is Cc1ccc(N2CCCN(Cc3ccc(OC(F)(F)F)cc3)C2=O)c(NC(=O)OCc2ccccc2)c1. The monoisotopic (exact) mass is 513 g/mol. The molecule has 0 spiro atoms. The summed E-state index contributed by atoms with van der Waals surface area (Å²) in [6.45, 7) is 3.14. The molecule has 3 aromatic carbocycles. The van der Waals surface area contributed by atoms with E-state index in [2.05, 4.69) is 10.1 Å². The lowest BCUT2D eigenvalue weighted by molar-refractivity contribution is -0.274. The lowest BCUT2D eigenvalue weighted by Gasteiger charge is -2.36. The van der Waals surface area contributed by atoms with E-state index in [9.17, 15) is 22.8 Å². The normalized spacial score (nSPS) is 13.9. The van der Waals surface area contributed by atoms with Crippen molar-refractivity contribution in [2.45, 2.75) is 32.9 Å². The summed E-state index contributed by atoms with van der Waals surface area (Å²) in [5.74, 6) is -0.322. The number of rotatable bonds is 7. The highest BCUT2D eigenvalue weighted by molar-refractivity contribution is 5.99. The predicted molar refractivity (Wildman–Crippen MR) is 132 cm³/mol. The molecular formula is C27H26F3N3O4. The fourth-order valence-electron chi connectivity index (χ4n) is 4.02. The number of nitrogens with zero attached hydrogens (tertiary/aromatic N) is 2. The zero-order valence-corrected chi connectivity index (χ0v) is 20.1. The standard InChI is InChI=1S/C27H26F3N3O4/c1-19-8-13-24(23(16-19)31-25(34)36-18-21-6-3-2-4-7-21)33-15-5-14-32(26(33)35)17-20-9-11-22(12-10-20)37-27(28,29)30/h2-4,6-13,16H,5,14-15,17-18H2,1H3,(H,31,34). The van der Waals surface area contributed by atoms with Crippen LogP contribution >= 0.6 is 0 Å². The fraction of sp³-hybridized carbons (Fsp3) is 0.259. The van der Waals surface area contributed by atoms with Crippen molar-refractivity contribution >= 4 is 23.5 Å². The number of ether oxygens (including phenoxy) is 2. The van der Waals surface area contributed by atoms with Gasteiger partial charge in [-0.25, -0.2) is 9.59 Å². The van der Waals surface area contributed by atoms with Crippen molar-refractivity contribution in [1.29, 1.82) is 0 Å². The molecule has 4 rings (SSSR count). The Morgan fingerprint density at radius 2 is 1.70 bits per heavy atom. The third-order valence-corrected chi connectivity index (χ3v) is 5.73. The van der Waals surface area contributed by atoms with Crippen LogP contribution in [0.5, 0.6) is 5.75 Å². The number of benzene rings is 3. The third kappa shape index (κ3) is 7.16. The van der Waals surface area contributed by atoms with E-state index in [-0.39, 0.29) is 24.9 Å². The molecule has 1 fully saturated rings. The van der Waals surface area contributed by atoms with Crippen LogP contribution in [-0.2, 0) is 17.9 Å². The quantitative estimate of drug-likeness (QED) is 0.393. The molecule has 0 unspecified atom stereocenters. The fourth-order valence-corrected chi connectivity index (χ4v) is 4.02. The number of carbonyl (C=O) groups excluding carboxylic acids is 2. The van der Waals surface area contributed by atoms with E-state index in [1.807, 2.05) is 43.3 Å². The van der Waals surface area contributed by atoms with Gasteiger partial charge >= 0.3 is 18.5 Å². The van der Waals surface area contributed by atoms with E-state index in [0.29, 0.717) is 36.4 Å². The second-order valence-corrected chi connectivity index (χ2v) is 8.61. The Hall–Kier alpha value is -4.21. The first-order valence-corrected chi connectivity index (χ1v) is 11.7. The number of nitrogens with one attached hydrogen (secondary N) is 1. The molecule has 1 saturated heterocycles. The van der Waals surface area contributed by atoms with E-state index < -0.39 is 12.5 Å². The molecule has 0 saturated carbocycles.